The van der Waals surface area contributed by atoms with Crippen LogP contribution in [0.25, 0.3) is 33.8 Å². The summed E-state index contributed by atoms with van der Waals surface area (Å²) in [6.45, 7) is 10.4. The van der Waals surface area contributed by atoms with Gasteiger partial charge in [-0.1, -0.05) is 6.07 Å². The first-order chi connectivity index (χ1) is 17.2. The second-order valence-electron chi connectivity index (χ2n) is 9.78. The summed E-state index contributed by atoms with van der Waals surface area (Å²) in [6, 6.07) is 8.04. The van der Waals surface area contributed by atoms with Gasteiger partial charge in [0.1, 0.15) is 34.7 Å². The molecule has 0 bridgehead atoms. The maximum Gasteiger partial charge on any atom is 0.249 e. The zero-order valence-corrected chi connectivity index (χ0v) is 20.9. The molecule has 0 saturated carbocycles. The van der Waals surface area contributed by atoms with Crippen molar-refractivity contribution in [3.8, 4) is 28.7 Å². The molecular weight excluding hydrogens is 454 g/mol. The van der Waals surface area contributed by atoms with Gasteiger partial charge in [0.2, 0.25) is 5.91 Å². The van der Waals surface area contributed by atoms with Crippen molar-refractivity contribution >= 4 is 22.8 Å². The number of aromatic nitrogens is 6. The normalized spacial score (nSPS) is 17.2. The molecule has 182 valence electrons. The second-order valence-corrected chi connectivity index (χ2v) is 9.78. The van der Waals surface area contributed by atoms with Crippen LogP contribution in [0.2, 0.25) is 0 Å². The molecule has 1 aliphatic heterocycles. The van der Waals surface area contributed by atoms with Crippen LogP contribution in [0.5, 0.6) is 0 Å². The van der Waals surface area contributed by atoms with Crippen LogP contribution in [0.15, 0.2) is 36.9 Å². The van der Waals surface area contributed by atoms with Gasteiger partial charge >= 0.3 is 0 Å². The molecule has 5 rings (SSSR count). The van der Waals surface area contributed by atoms with E-state index in [-0.39, 0.29) is 5.91 Å². The van der Waals surface area contributed by atoms with Crippen LogP contribution in [0.1, 0.15) is 39.1 Å². The Labute approximate surface area is 208 Å². The van der Waals surface area contributed by atoms with E-state index < -0.39 is 11.0 Å². The topological polar surface area (TPSA) is 134 Å². The van der Waals surface area contributed by atoms with E-state index in [0.717, 1.165) is 28.2 Å². The molecule has 0 unspecified atom stereocenters. The number of aryl methyl sites for hydroxylation is 2. The minimum atomic E-state index is -0.987. The summed E-state index contributed by atoms with van der Waals surface area (Å²) in [5.74, 6) is 1.25. The van der Waals surface area contributed by atoms with Crippen molar-refractivity contribution in [2.24, 2.45) is 5.41 Å². The Kier molecular flexibility index (Phi) is 5.53. The van der Waals surface area contributed by atoms with Crippen LogP contribution in [0, 0.1) is 23.7 Å². The standard InChI is InChI=1S/C26H27N9O/c1-6-35-22(17-10-28-15(2)29-11-17)34-21-20(30-14-31-23(21)35)16-7-8-19-18(9-16)26(5,24(36)33-19)32-13-25(3,4)12-27/h7-11,14,32H,6,13H2,1-5H3,(H,33,36)/t26-/m0/s1. The second kappa shape index (κ2) is 8.46. The quantitative estimate of drug-likeness (QED) is 0.427. The van der Waals surface area contributed by atoms with Gasteiger partial charge in [-0.3, -0.25) is 10.1 Å². The molecule has 10 nitrogen and oxygen atoms in total. The Morgan fingerprint density at radius 3 is 2.61 bits per heavy atom. The number of hydrogen-bond donors (Lipinski definition) is 2. The van der Waals surface area contributed by atoms with E-state index >= 15 is 0 Å². The van der Waals surface area contributed by atoms with Gasteiger partial charge in [-0.25, -0.2) is 24.9 Å². The molecule has 4 heterocycles. The molecule has 2 N–H and O–H groups in total. The minimum absolute atomic E-state index is 0.159. The van der Waals surface area contributed by atoms with Crippen LogP contribution >= 0.6 is 0 Å². The Bertz CT molecular complexity index is 1530. The average molecular weight is 482 g/mol. The number of benzene rings is 1. The van der Waals surface area contributed by atoms with E-state index in [1.165, 1.54) is 6.33 Å². The molecule has 36 heavy (non-hydrogen) atoms. The van der Waals surface area contributed by atoms with Crippen LogP contribution in [-0.4, -0.2) is 41.9 Å². The van der Waals surface area contributed by atoms with E-state index in [0.29, 0.717) is 35.8 Å². The molecule has 4 aromatic rings. The lowest BCUT2D eigenvalue weighted by molar-refractivity contribution is -0.121. The largest absolute Gasteiger partial charge is 0.324 e. The van der Waals surface area contributed by atoms with E-state index in [4.69, 9.17) is 4.98 Å². The number of nitrogens with one attached hydrogen (secondary N) is 2. The predicted molar refractivity (Wildman–Crippen MR) is 136 cm³/mol. The monoisotopic (exact) mass is 481 g/mol. The van der Waals surface area contributed by atoms with Crippen LogP contribution in [-0.2, 0) is 16.9 Å². The molecular formula is C26H27N9O. The summed E-state index contributed by atoms with van der Waals surface area (Å²) in [4.78, 5) is 35.6. The van der Waals surface area contributed by atoms with Gasteiger partial charge in [-0.05, 0) is 46.8 Å². The molecule has 0 spiro atoms. The fourth-order valence-corrected chi connectivity index (χ4v) is 4.37. The van der Waals surface area contributed by atoms with Gasteiger partial charge in [0.05, 0.1) is 17.0 Å². The molecule has 0 aliphatic carbocycles. The number of rotatable bonds is 6. The first-order valence-corrected chi connectivity index (χ1v) is 11.8. The van der Waals surface area contributed by atoms with Gasteiger partial charge < -0.3 is 9.88 Å². The lowest BCUT2D eigenvalue weighted by Gasteiger charge is -2.28. The Morgan fingerprint density at radius 1 is 1.17 bits per heavy atom. The van der Waals surface area contributed by atoms with Crippen LogP contribution in [0.3, 0.4) is 0 Å². The molecule has 0 radical (unpaired) electrons. The SMILES string of the molecule is CCn1c(-c2cnc(C)nc2)nc2c(-c3ccc4c(c3)[C@](C)(NCC(C)(C)C#N)C(=O)N4)ncnc21. The zero-order chi connectivity index (χ0) is 25.7. The van der Waals surface area contributed by atoms with Crippen LogP contribution < -0.4 is 10.6 Å². The minimum Gasteiger partial charge on any atom is -0.324 e. The lowest BCUT2D eigenvalue weighted by Crippen LogP contribution is -2.48. The third kappa shape index (κ3) is 3.78. The summed E-state index contributed by atoms with van der Waals surface area (Å²) < 4.78 is 2.02. The van der Waals surface area contributed by atoms with E-state index in [1.807, 2.05) is 57.4 Å². The predicted octanol–water partition coefficient (Wildman–Crippen LogP) is 3.59. The number of imidazole rings is 1. The summed E-state index contributed by atoms with van der Waals surface area (Å²) in [5, 5.41) is 15.7. The number of hydrogen-bond acceptors (Lipinski definition) is 8. The molecule has 0 saturated heterocycles. The van der Waals surface area contributed by atoms with Crippen molar-refractivity contribution in [1.82, 2.24) is 34.8 Å². The van der Waals surface area contributed by atoms with E-state index in [1.54, 1.807) is 12.4 Å². The summed E-state index contributed by atoms with van der Waals surface area (Å²) in [5.41, 5.74) is 3.58. The number of carbonyl (C=O) groups excluding carboxylic acids is 1. The fraction of sp³-hybridized carbons (Fsp3) is 0.346. The van der Waals surface area contributed by atoms with Crippen molar-refractivity contribution in [1.29, 1.82) is 5.26 Å². The molecule has 3 aromatic heterocycles. The van der Waals surface area contributed by atoms with E-state index in [9.17, 15) is 10.1 Å². The third-order valence-electron chi connectivity index (χ3n) is 6.61. The first kappa shape index (κ1) is 23.5. The maximum absolute atomic E-state index is 13.0. The van der Waals surface area contributed by atoms with Crippen molar-refractivity contribution in [3.05, 3.63) is 48.3 Å². The Balaban J connectivity index is 1.62. The number of nitriles is 1. The van der Waals surface area contributed by atoms with Gasteiger partial charge in [0, 0.05) is 42.3 Å². The summed E-state index contributed by atoms with van der Waals surface area (Å²) >= 11 is 0. The molecule has 1 aliphatic rings. The van der Waals surface area contributed by atoms with Crippen molar-refractivity contribution in [3.63, 3.8) is 0 Å². The third-order valence-corrected chi connectivity index (χ3v) is 6.61. The molecule has 1 aromatic carbocycles. The number of nitrogens with zero attached hydrogens (tertiary/aromatic N) is 7. The number of amides is 1. The van der Waals surface area contributed by atoms with Crippen molar-refractivity contribution in [2.45, 2.75) is 46.7 Å². The lowest BCUT2D eigenvalue weighted by atomic mass is 9.88. The van der Waals surface area contributed by atoms with E-state index in [2.05, 4.69) is 36.6 Å². The van der Waals surface area contributed by atoms with Crippen LogP contribution in [0.4, 0.5) is 5.69 Å². The van der Waals surface area contributed by atoms with Crippen molar-refractivity contribution < 1.29 is 4.79 Å². The van der Waals surface area contributed by atoms with Crippen molar-refractivity contribution in [2.75, 3.05) is 11.9 Å². The first-order valence-electron chi connectivity index (χ1n) is 11.8. The molecule has 1 amide bonds. The van der Waals surface area contributed by atoms with Gasteiger partial charge in [-0.15, -0.1) is 0 Å². The van der Waals surface area contributed by atoms with Gasteiger partial charge in [-0.2, -0.15) is 5.26 Å². The number of carbonyl (C=O) groups is 1. The highest BCUT2D eigenvalue weighted by Gasteiger charge is 2.43. The molecule has 0 fully saturated rings. The Hall–Kier alpha value is -4.23. The molecule has 10 heteroatoms. The summed E-state index contributed by atoms with van der Waals surface area (Å²) in [6.07, 6.45) is 5.05. The Morgan fingerprint density at radius 2 is 1.92 bits per heavy atom. The fourth-order valence-electron chi connectivity index (χ4n) is 4.37. The highest BCUT2D eigenvalue weighted by atomic mass is 16.2. The highest BCUT2D eigenvalue weighted by molar-refractivity contribution is 6.06. The van der Waals surface area contributed by atoms with Gasteiger partial charge in [0.15, 0.2) is 5.65 Å². The average Bonchev–Trinajstić information content (AvgIpc) is 3.38. The number of fused-ring (bicyclic) bond motifs is 2. The maximum atomic E-state index is 13.0. The number of anilines is 1. The summed E-state index contributed by atoms with van der Waals surface area (Å²) in [7, 11) is 0. The van der Waals surface area contributed by atoms with Gasteiger partial charge in [0.25, 0.3) is 0 Å². The smallest absolute Gasteiger partial charge is 0.249 e. The molecule has 1 atom stereocenters. The highest BCUT2D eigenvalue weighted by Crippen LogP contribution is 2.39. The zero-order valence-electron chi connectivity index (χ0n) is 20.9.